The number of aliphatic carboxylic acids is 1. The maximum Gasteiger partial charge on any atom is 0.356 e. The maximum absolute atomic E-state index is 13.4. The fraction of sp³-hybridized carbons (Fsp3) is 0.167. The maximum atomic E-state index is 13.4. The topological polar surface area (TPSA) is 84.9 Å². The minimum atomic E-state index is -1.72. The van der Waals surface area contributed by atoms with Crippen molar-refractivity contribution in [1.82, 2.24) is 5.32 Å². The van der Waals surface area contributed by atoms with Crippen molar-refractivity contribution in [2.24, 2.45) is 0 Å². The van der Waals surface area contributed by atoms with E-state index in [9.17, 15) is 14.7 Å². The first-order chi connectivity index (χ1) is 14.6. The van der Waals surface area contributed by atoms with Crippen molar-refractivity contribution in [2.75, 3.05) is 20.3 Å². The fourth-order valence-electron chi connectivity index (χ4n) is 3.76. The molecule has 4 rings (SSSR count). The van der Waals surface area contributed by atoms with Crippen LogP contribution in [0.5, 0.6) is 5.75 Å². The van der Waals surface area contributed by atoms with E-state index in [4.69, 9.17) is 9.47 Å². The monoisotopic (exact) mass is 403 g/mol. The minimum absolute atomic E-state index is 0.193. The summed E-state index contributed by atoms with van der Waals surface area (Å²) < 4.78 is 10.9. The number of methoxy groups -OCH3 is 1. The van der Waals surface area contributed by atoms with Crippen LogP contribution in [0.4, 0.5) is 0 Å². The normalized spacial score (nSPS) is 18.2. The molecular weight excluding hydrogens is 382 g/mol. The molecule has 1 fully saturated rings. The van der Waals surface area contributed by atoms with E-state index in [0.717, 1.165) is 0 Å². The Bertz CT molecular complexity index is 1070. The van der Waals surface area contributed by atoms with Gasteiger partial charge >= 0.3 is 5.97 Å². The second-order valence-corrected chi connectivity index (χ2v) is 6.91. The van der Waals surface area contributed by atoms with Gasteiger partial charge in [-0.2, -0.15) is 0 Å². The zero-order valence-corrected chi connectivity index (χ0v) is 16.4. The Kier molecular flexibility index (Phi) is 5.35. The molecule has 0 radical (unpaired) electrons. The zero-order chi connectivity index (χ0) is 21.1. The largest absolute Gasteiger partial charge is 0.497 e. The van der Waals surface area contributed by atoms with Gasteiger partial charge in [-0.1, -0.05) is 60.7 Å². The summed E-state index contributed by atoms with van der Waals surface area (Å²) in [6.45, 7) is 0.649. The molecule has 3 aromatic carbocycles. The molecule has 30 heavy (non-hydrogen) atoms. The first kappa shape index (κ1) is 19.8. The van der Waals surface area contributed by atoms with Crippen LogP contribution in [0.1, 0.15) is 21.5 Å². The summed E-state index contributed by atoms with van der Waals surface area (Å²) in [5.74, 6) is -0.684. The van der Waals surface area contributed by atoms with Crippen molar-refractivity contribution in [3.63, 3.8) is 0 Å². The number of benzene rings is 3. The van der Waals surface area contributed by atoms with E-state index in [1.807, 2.05) is 18.2 Å². The molecule has 1 aliphatic rings. The van der Waals surface area contributed by atoms with Gasteiger partial charge in [-0.25, -0.2) is 4.79 Å². The lowest BCUT2D eigenvalue weighted by molar-refractivity contribution is -0.163. The van der Waals surface area contributed by atoms with Crippen LogP contribution in [0.2, 0.25) is 0 Å². The van der Waals surface area contributed by atoms with Gasteiger partial charge in [0.05, 0.1) is 13.7 Å². The van der Waals surface area contributed by atoms with Crippen molar-refractivity contribution in [1.29, 1.82) is 0 Å². The second kappa shape index (κ2) is 8.10. The molecule has 0 bridgehead atoms. The summed E-state index contributed by atoms with van der Waals surface area (Å²) in [4.78, 5) is 25.6. The van der Waals surface area contributed by atoms with Crippen LogP contribution < -0.4 is 10.1 Å². The SMILES string of the molecule is COc1ccc(-c2c(C(=O)c3ccccc3)cccc2C2(C(=O)O)NCCO2)cc1. The van der Waals surface area contributed by atoms with E-state index in [1.54, 1.807) is 61.7 Å². The highest BCUT2D eigenvalue weighted by molar-refractivity contribution is 6.13. The van der Waals surface area contributed by atoms with Crippen LogP contribution in [-0.4, -0.2) is 37.1 Å². The third kappa shape index (κ3) is 3.36. The lowest BCUT2D eigenvalue weighted by atomic mass is 9.86. The number of ether oxygens (including phenoxy) is 2. The van der Waals surface area contributed by atoms with Crippen molar-refractivity contribution in [2.45, 2.75) is 5.72 Å². The Morgan fingerprint density at radius 2 is 1.73 bits per heavy atom. The van der Waals surface area contributed by atoms with E-state index in [1.165, 1.54) is 0 Å². The highest BCUT2D eigenvalue weighted by atomic mass is 16.6. The molecule has 6 nitrogen and oxygen atoms in total. The molecule has 0 spiro atoms. The number of carbonyl (C=O) groups is 2. The molecule has 2 N–H and O–H groups in total. The van der Waals surface area contributed by atoms with E-state index in [0.29, 0.717) is 40.1 Å². The van der Waals surface area contributed by atoms with Crippen LogP contribution in [0.3, 0.4) is 0 Å². The standard InChI is InChI=1S/C24H21NO5/c1-29-18-12-10-16(11-13-18)21-19(22(26)17-6-3-2-4-7-17)8-5-9-20(21)24(23(27)28)25-14-15-30-24/h2-13,25H,14-15H2,1H3,(H,27,28). The lowest BCUT2D eigenvalue weighted by Crippen LogP contribution is -2.46. The van der Waals surface area contributed by atoms with Crippen LogP contribution in [0, 0.1) is 0 Å². The number of carboxylic acids is 1. The fourth-order valence-corrected chi connectivity index (χ4v) is 3.76. The van der Waals surface area contributed by atoms with Crippen molar-refractivity contribution in [3.8, 4) is 16.9 Å². The first-order valence-corrected chi connectivity index (χ1v) is 9.57. The molecule has 0 saturated carbocycles. The Labute approximate surface area is 174 Å². The third-order valence-electron chi connectivity index (χ3n) is 5.20. The van der Waals surface area contributed by atoms with E-state index < -0.39 is 11.7 Å². The van der Waals surface area contributed by atoms with Gasteiger partial charge in [0.25, 0.3) is 0 Å². The van der Waals surface area contributed by atoms with Crippen molar-refractivity contribution in [3.05, 3.63) is 89.5 Å². The Balaban J connectivity index is 1.97. The van der Waals surface area contributed by atoms with Gasteiger partial charge < -0.3 is 14.6 Å². The smallest absolute Gasteiger partial charge is 0.356 e. The Morgan fingerprint density at radius 1 is 1.00 bits per heavy atom. The number of hydrogen-bond donors (Lipinski definition) is 2. The molecule has 1 saturated heterocycles. The number of ketones is 1. The summed E-state index contributed by atoms with van der Waals surface area (Å²) in [7, 11) is 1.57. The van der Waals surface area contributed by atoms with E-state index >= 15 is 0 Å². The van der Waals surface area contributed by atoms with Gasteiger partial charge in [0, 0.05) is 28.8 Å². The molecule has 3 aromatic rings. The molecule has 6 heteroatoms. The van der Waals surface area contributed by atoms with Crippen molar-refractivity contribution < 1.29 is 24.2 Å². The van der Waals surface area contributed by atoms with Crippen LogP contribution >= 0.6 is 0 Å². The highest BCUT2D eigenvalue weighted by Gasteiger charge is 2.47. The summed E-state index contributed by atoms with van der Waals surface area (Å²) in [6.07, 6.45) is 0. The van der Waals surface area contributed by atoms with Crippen LogP contribution in [0.15, 0.2) is 72.8 Å². The van der Waals surface area contributed by atoms with E-state index in [2.05, 4.69) is 5.32 Å². The van der Waals surface area contributed by atoms with Crippen molar-refractivity contribution >= 4 is 11.8 Å². The van der Waals surface area contributed by atoms with Gasteiger partial charge in [0.2, 0.25) is 5.72 Å². The highest BCUT2D eigenvalue weighted by Crippen LogP contribution is 2.38. The number of hydrogen-bond acceptors (Lipinski definition) is 5. The molecule has 0 aromatic heterocycles. The molecule has 1 unspecified atom stereocenters. The molecule has 1 atom stereocenters. The van der Waals surface area contributed by atoms with Gasteiger partial charge in [0.1, 0.15) is 5.75 Å². The summed E-state index contributed by atoms with van der Waals surface area (Å²) in [5, 5.41) is 13.0. The number of carboxylic acid groups (broad SMARTS) is 1. The van der Waals surface area contributed by atoms with Gasteiger partial charge in [-0.15, -0.1) is 0 Å². The van der Waals surface area contributed by atoms with Gasteiger partial charge in [0.15, 0.2) is 5.78 Å². The first-order valence-electron chi connectivity index (χ1n) is 9.57. The van der Waals surface area contributed by atoms with Gasteiger partial charge in [-0.05, 0) is 17.7 Å². The molecule has 0 amide bonds. The lowest BCUT2D eigenvalue weighted by Gasteiger charge is -2.28. The van der Waals surface area contributed by atoms with E-state index in [-0.39, 0.29) is 12.4 Å². The molecular formula is C24H21NO5. The summed E-state index contributed by atoms with van der Waals surface area (Å²) in [5.41, 5.74) is 0.812. The Hall–Kier alpha value is -3.48. The molecule has 0 aliphatic carbocycles. The third-order valence-corrected chi connectivity index (χ3v) is 5.20. The van der Waals surface area contributed by atoms with Crippen LogP contribution in [-0.2, 0) is 15.3 Å². The number of carbonyl (C=O) groups excluding carboxylic acids is 1. The predicted molar refractivity (Wildman–Crippen MR) is 112 cm³/mol. The summed E-state index contributed by atoms with van der Waals surface area (Å²) >= 11 is 0. The molecule has 152 valence electrons. The average molecular weight is 403 g/mol. The number of nitrogens with one attached hydrogen (secondary N) is 1. The second-order valence-electron chi connectivity index (χ2n) is 6.91. The number of rotatable bonds is 6. The summed E-state index contributed by atoms with van der Waals surface area (Å²) in [6, 6.07) is 21.2. The predicted octanol–water partition coefficient (Wildman–Crippen LogP) is 3.45. The molecule has 1 heterocycles. The van der Waals surface area contributed by atoms with Gasteiger partial charge in [-0.3, -0.25) is 10.1 Å². The Morgan fingerprint density at radius 3 is 2.33 bits per heavy atom. The zero-order valence-electron chi connectivity index (χ0n) is 16.4. The van der Waals surface area contributed by atoms with Crippen LogP contribution in [0.25, 0.3) is 11.1 Å². The quantitative estimate of drug-likeness (QED) is 0.614. The average Bonchev–Trinajstić information content (AvgIpc) is 3.30. The molecule has 1 aliphatic heterocycles. The minimum Gasteiger partial charge on any atom is -0.497 e.